The molecule has 0 bridgehead atoms. The summed E-state index contributed by atoms with van der Waals surface area (Å²) in [4.78, 5) is 24.4. The number of carbonyl (C=O) groups is 2. The number of aliphatic hydroxyl groups excluding tert-OH is 1. The van der Waals surface area contributed by atoms with Crippen molar-refractivity contribution >= 4 is 12.0 Å². The zero-order chi connectivity index (χ0) is 13.5. The minimum absolute atomic E-state index is 0.0869. The number of carboxylic acids is 1. The number of nitrogens with one attached hydrogen (secondary N) is 1. The summed E-state index contributed by atoms with van der Waals surface area (Å²) in [7, 11) is 0. The number of aliphatic carboxylic acids is 1. The van der Waals surface area contributed by atoms with Gasteiger partial charge in [-0.3, -0.25) is 0 Å². The second-order valence-electron chi connectivity index (χ2n) is 5.82. The maximum absolute atomic E-state index is 12.1. The summed E-state index contributed by atoms with van der Waals surface area (Å²) in [5.41, 5.74) is -0.312. The van der Waals surface area contributed by atoms with Crippen LogP contribution in [0.3, 0.4) is 0 Å². The average molecular weight is 256 g/mol. The van der Waals surface area contributed by atoms with Gasteiger partial charge < -0.3 is 20.4 Å². The molecular weight excluding hydrogens is 236 g/mol. The number of β-amino-alcohol motifs (C(OH)–C–C–N with tert-alkyl or cyclic N) is 1. The number of urea groups is 1. The molecule has 2 amide bonds. The van der Waals surface area contributed by atoms with Crippen LogP contribution in [0.15, 0.2) is 0 Å². The first-order chi connectivity index (χ1) is 8.31. The lowest BCUT2D eigenvalue weighted by Crippen LogP contribution is -2.53. The van der Waals surface area contributed by atoms with E-state index in [2.05, 4.69) is 5.32 Å². The fraction of sp³-hybridized carbons (Fsp3) is 0.833. The van der Waals surface area contributed by atoms with E-state index in [1.807, 2.05) is 13.8 Å². The Morgan fingerprint density at radius 2 is 1.94 bits per heavy atom. The van der Waals surface area contributed by atoms with E-state index in [9.17, 15) is 14.7 Å². The van der Waals surface area contributed by atoms with Crippen LogP contribution in [0.25, 0.3) is 0 Å². The van der Waals surface area contributed by atoms with Crippen molar-refractivity contribution in [2.45, 2.75) is 50.8 Å². The minimum atomic E-state index is -1.06. The number of rotatable bonds is 3. The lowest BCUT2D eigenvalue weighted by atomic mass is 9.99. The summed E-state index contributed by atoms with van der Waals surface area (Å²) in [6.45, 7) is 3.99. The van der Waals surface area contributed by atoms with Crippen molar-refractivity contribution in [2.24, 2.45) is 5.92 Å². The van der Waals surface area contributed by atoms with E-state index >= 15 is 0 Å². The van der Waals surface area contributed by atoms with Gasteiger partial charge in [0.1, 0.15) is 6.04 Å². The predicted octanol–water partition coefficient (Wildman–Crippen LogP) is 0.404. The molecule has 0 spiro atoms. The van der Waals surface area contributed by atoms with Gasteiger partial charge in [-0.05, 0) is 32.6 Å². The second kappa shape index (κ2) is 4.42. The minimum Gasteiger partial charge on any atom is -0.480 e. The molecule has 18 heavy (non-hydrogen) atoms. The van der Waals surface area contributed by atoms with Crippen LogP contribution in [-0.2, 0) is 4.79 Å². The predicted molar refractivity (Wildman–Crippen MR) is 64.1 cm³/mol. The fourth-order valence-electron chi connectivity index (χ4n) is 2.53. The lowest BCUT2D eigenvalue weighted by molar-refractivity contribution is -0.141. The molecule has 1 saturated carbocycles. The van der Waals surface area contributed by atoms with Crippen molar-refractivity contribution in [3.05, 3.63) is 0 Å². The van der Waals surface area contributed by atoms with Gasteiger partial charge in [0.15, 0.2) is 0 Å². The largest absolute Gasteiger partial charge is 0.480 e. The summed E-state index contributed by atoms with van der Waals surface area (Å²) in [6.07, 6.45) is 1.55. The van der Waals surface area contributed by atoms with Crippen LogP contribution in [0.4, 0.5) is 4.79 Å². The van der Waals surface area contributed by atoms with Gasteiger partial charge in [0.2, 0.25) is 0 Å². The summed E-state index contributed by atoms with van der Waals surface area (Å²) in [5, 5.41) is 21.4. The molecule has 2 atom stereocenters. The summed E-state index contributed by atoms with van der Waals surface area (Å²) in [6, 6.07) is -1.31. The topological polar surface area (TPSA) is 89.9 Å². The van der Waals surface area contributed by atoms with E-state index in [0.717, 1.165) is 12.8 Å². The summed E-state index contributed by atoms with van der Waals surface area (Å²) >= 11 is 0. The van der Waals surface area contributed by atoms with Crippen LogP contribution in [0.5, 0.6) is 0 Å². The number of hydrogen-bond acceptors (Lipinski definition) is 3. The molecule has 1 aliphatic carbocycles. The zero-order valence-corrected chi connectivity index (χ0v) is 10.7. The van der Waals surface area contributed by atoms with Gasteiger partial charge in [0, 0.05) is 18.5 Å². The number of carbonyl (C=O) groups excluding carboxylic acids is 1. The molecule has 2 fully saturated rings. The molecule has 0 radical (unpaired) electrons. The smallest absolute Gasteiger partial charge is 0.326 e. The Labute approximate surface area is 106 Å². The highest BCUT2D eigenvalue weighted by Crippen LogP contribution is 2.39. The third-order valence-corrected chi connectivity index (χ3v) is 3.85. The standard InChI is InChI=1S/C12H20N2O4/c1-12(2,7-3-4-7)13-11(18)14-6-8(15)5-9(14)10(16)17/h7-9,15H,3-6H2,1-2H3,(H,13,18)(H,16,17)/t8-,9-/m1/s1. The van der Waals surface area contributed by atoms with Gasteiger partial charge in [-0.2, -0.15) is 0 Å². The average Bonchev–Trinajstić information content (AvgIpc) is 3.01. The van der Waals surface area contributed by atoms with E-state index in [-0.39, 0.29) is 18.5 Å². The summed E-state index contributed by atoms with van der Waals surface area (Å²) < 4.78 is 0. The van der Waals surface area contributed by atoms with Gasteiger partial charge in [-0.25, -0.2) is 9.59 Å². The van der Waals surface area contributed by atoms with Crippen LogP contribution >= 0.6 is 0 Å². The molecule has 2 aliphatic rings. The van der Waals surface area contributed by atoms with Crippen LogP contribution in [0, 0.1) is 5.92 Å². The highest BCUT2D eigenvalue weighted by molar-refractivity contribution is 5.83. The van der Waals surface area contributed by atoms with Crippen molar-refractivity contribution in [1.29, 1.82) is 0 Å². The first-order valence-corrected chi connectivity index (χ1v) is 6.31. The molecule has 0 aromatic carbocycles. The van der Waals surface area contributed by atoms with Crippen LogP contribution in [0.1, 0.15) is 33.1 Å². The van der Waals surface area contributed by atoms with Gasteiger partial charge in [-0.15, -0.1) is 0 Å². The molecule has 0 unspecified atom stereocenters. The third-order valence-electron chi connectivity index (χ3n) is 3.85. The molecule has 1 aliphatic heterocycles. The third kappa shape index (κ3) is 2.58. The van der Waals surface area contributed by atoms with Gasteiger partial charge in [-0.1, -0.05) is 0 Å². The molecule has 6 heteroatoms. The molecule has 102 valence electrons. The first-order valence-electron chi connectivity index (χ1n) is 6.31. The number of hydrogen-bond donors (Lipinski definition) is 3. The molecule has 3 N–H and O–H groups in total. The number of aliphatic hydroxyl groups is 1. The lowest BCUT2D eigenvalue weighted by Gasteiger charge is -2.30. The highest BCUT2D eigenvalue weighted by Gasteiger charge is 2.43. The summed E-state index contributed by atoms with van der Waals surface area (Å²) in [5.74, 6) is -0.594. The van der Waals surface area contributed by atoms with Crippen molar-refractivity contribution in [3.63, 3.8) is 0 Å². The Balaban J connectivity index is 2.01. The van der Waals surface area contributed by atoms with Crippen molar-refractivity contribution in [3.8, 4) is 0 Å². The van der Waals surface area contributed by atoms with E-state index < -0.39 is 24.1 Å². The maximum atomic E-state index is 12.1. The van der Waals surface area contributed by atoms with Crippen LogP contribution in [-0.4, -0.2) is 51.3 Å². The van der Waals surface area contributed by atoms with Gasteiger partial charge in [0.25, 0.3) is 0 Å². The maximum Gasteiger partial charge on any atom is 0.326 e. The number of likely N-dealkylation sites (tertiary alicyclic amines) is 1. The molecule has 0 aromatic rings. The van der Waals surface area contributed by atoms with E-state index in [1.165, 1.54) is 4.90 Å². The Hall–Kier alpha value is -1.30. The molecule has 2 rings (SSSR count). The van der Waals surface area contributed by atoms with Gasteiger partial charge >= 0.3 is 12.0 Å². The molecule has 6 nitrogen and oxygen atoms in total. The van der Waals surface area contributed by atoms with Crippen molar-refractivity contribution in [1.82, 2.24) is 10.2 Å². The first kappa shape index (κ1) is 13.1. The SMILES string of the molecule is CC(C)(NC(=O)N1C[C@H](O)C[C@@H]1C(=O)O)C1CC1. The monoisotopic (exact) mass is 256 g/mol. The second-order valence-corrected chi connectivity index (χ2v) is 5.82. The number of nitrogens with zero attached hydrogens (tertiary/aromatic N) is 1. The van der Waals surface area contributed by atoms with E-state index in [1.54, 1.807) is 0 Å². The Morgan fingerprint density at radius 1 is 1.33 bits per heavy atom. The number of carboxylic acid groups (broad SMARTS) is 1. The molecule has 1 saturated heterocycles. The molecule has 0 aromatic heterocycles. The zero-order valence-electron chi connectivity index (χ0n) is 10.7. The normalized spacial score (nSPS) is 28.3. The van der Waals surface area contributed by atoms with Gasteiger partial charge in [0.05, 0.1) is 6.10 Å². The fourth-order valence-corrected chi connectivity index (χ4v) is 2.53. The van der Waals surface area contributed by atoms with Crippen molar-refractivity contribution in [2.75, 3.05) is 6.54 Å². The van der Waals surface area contributed by atoms with E-state index in [4.69, 9.17) is 5.11 Å². The molecule has 1 heterocycles. The van der Waals surface area contributed by atoms with E-state index in [0.29, 0.717) is 5.92 Å². The van der Waals surface area contributed by atoms with Crippen molar-refractivity contribution < 1.29 is 19.8 Å². The van der Waals surface area contributed by atoms with Crippen LogP contribution in [0.2, 0.25) is 0 Å². The van der Waals surface area contributed by atoms with Crippen LogP contribution < -0.4 is 5.32 Å². The Morgan fingerprint density at radius 3 is 2.44 bits per heavy atom. The Kier molecular flexibility index (Phi) is 3.23. The quantitative estimate of drug-likeness (QED) is 0.682. The number of amides is 2. The molecular formula is C12H20N2O4. The Bertz CT molecular complexity index is 365. The highest BCUT2D eigenvalue weighted by atomic mass is 16.4.